The van der Waals surface area contributed by atoms with Gasteiger partial charge < -0.3 is 15.4 Å². The summed E-state index contributed by atoms with van der Waals surface area (Å²) >= 11 is 0. The molecule has 0 aliphatic carbocycles. The molecule has 1 atom stereocenters. The first-order valence-corrected chi connectivity index (χ1v) is 7.93. The Morgan fingerprint density at radius 1 is 1.04 bits per heavy atom. The van der Waals surface area contributed by atoms with Crippen molar-refractivity contribution >= 4 is 23.2 Å². The third kappa shape index (κ3) is 5.12. The highest BCUT2D eigenvalue weighted by Crippen LogP contribution is 2.19. The van der Waals surface area contributed by atoms with Crippen LogP contribution in [0.1, 0.15) is 37.6 Å². The first kappa shape index (κ1) is 17.5. The molecule has 2 rings (SSSR count). The lowest BCUT2D eigenvalue weighted by atomic mass is 10.2. The maximum atomic E-state index is 12.4. The number of anilines is 2. The average molecular weight is 326 g/mol. The second-order valence-electron chi connectivity index (χ2n) is 5.58. The average Bonchev–Trinajstić information content (AvgIpc) is 2.54. The number of benzene rings is 2. The Labute approximate surface area is 142 Å². The molecule has 0 saturated carbocycles. The van der Waals surface area contributed by atoms with Crippen molar-refractivity contribution in [2.24, 2.45) is 0 Å². The van der Waals surface area contributed by atoms with Crippen molar-refractivity contribution in [1.29, 1.82) is 0 Å². The lowest BCUT2D eigenvalue weighted by molar-refractivity contribution is -0.114. The largest absolute Gasteiger partial charge is 0.491 e. The smallest absolute Gasteiger partial charge is 0.255 e. The first-order valence-electron chi connectivity index (χ1n) is 7.93. The molecule has 24 heavy (non-hydrogen) atoms. The Morgan fingerprint density at radius 2 is 1.71 bits per heavy atom. The summed E-state index contributed by atoms with van der Waals surface area (Å²) in [4.78, 5) is 23.5. The standard InChI is InChI=1S/C19H22N2O3/c1-4-13(2)24-18-10-5-7-15(11-18)19(23)21-17-9-6-8-16(12-17)20-14(3)22/h5-13H,4H2,1-3H3,(H,20,22)(H,21,23)/t13-/m0/s1. The van der Waals surface area contributed by atoms with Gasteiger partial charge in [-0.15, -0.1) is 0 Å². The molecule has 126 valence electrons. The van der Waals surface area contributed by atoms with Gasteiger partial charge in [-0.1, -0.05) is 19.1 Å². The van der Waals surface area contributed by atoms with Crippen LogP contribution in [-0.2, 0) is 4.79 Å². The van der Waals surface area contributed by atoms with E-state index in [0.29, 0.717) is 22.7 Å². The fraction of sp³-hybridized carbons (Fsp3) is 0.263. The minimum atomic E-state index is -0.232. The second-order valence-corrected chi connectivity index (χ2v) is 5.58. The number of rotatable bonds is 6. The summed E-state index contributed by atoms with van der Waals surface area (Å²) in [7, 11) is 0. The first-order chi connectivity index (χ1) is 11.5. The summed E-state index contributed by atoms with van der Waals surface area (Å²) in [6.45, 7) is 5.47. The summed E-state index contributed by atoms with van der Waals surface area (Å²) in [5.74, 6) is 0.280. The van der Waals surface area contributed by atoms with Crippen LogP contribution in [0.25, 0.3) is 0 Å². The van der Waals surface area contributed by atoms with Crippen molar-refractivity contribution in [1.82, 2.24) is 0 Å². The Bertz CT molecular complexity index is 728. The van der Waals surface area contributed by atoms with E-state index >= 15 is 0 Å². The van der Waals surface area contributed by atoms with Crippen LogP contribution in [0.15, 0.2) is 48.5 Å². The van der Waals surface area contributed by atoms with Crippen molar-refractivity contribution in [2.45, 2.75) is 33.3 Å². The van der Waals surface area contributed by atoms with Crippen molar-refractivity contribution in [3.63, 3.8) is 0 Å². The number of hydrogen-bond donors (Lipinski definition) is 2. The molecule has 0 heterocycles. The number of ether oxygens (including phenoxy) is 1. The van der Waals surface area contributed by atoms with Gasteiger partial charge >= 0.3 is 0 Å². The minimum absolute atomic E-state index is 0.0950. The predicted molar refractivity (Wildman–Crippen MR) is 95.5 cm³/mol. The van der Waals surface area contributed by atoms with Gasteiger partial charge in [-0.05, 0) is 49.7 Å². The maximum absolute atomic E-state index is 12.4. The minimum Gasteiger partial charge on any atom is -0.491 e. The highest BCUT2D eigenvalue weighted by Gasteiger charge is 2.09. The van der Waals surface area contributed by atoms with Gasteiger partial charge in [0.25, 0.3) is 5.91 Å². The zero-order chi connectivity index (χ0) is 17.5. The monoisotopic (exact) mass is 326 g/mol. The zero-order valence-corrected chi connectivity index (χ0v) is 14.1. The Morgan fingerprint density at radius 3 is 2.38 bits per heavy atom. The van der Waals surface area contributed by atoms with Crippen LogP contribution in [0.3, 0.4) is 0 Å². The van der Waals surface area contributed by atoms with Gasteiger partial charge in [0, 0.05) is 23.9 Å². The molecular weight excluding hydrogens is 304 g/mol. The Balaban J connectivity index is 2.09. The SMILES string of the molecule is CC[C@H](C)Oc1cccc(C(=O)Nc2cccc(NC(C)=O)c2)c1. The Kier molecular flexibility index (Phi) is 5.95. The molecule has 0 unspecified atom stereocenters. The van der Waals surface area contributed by atoms with Crippen LogP contribution >= 0.6 is 0 Å². The van der Waals surface area contributed by atoms with Gasteiger partial charge in [-0.25, -0.2) is 0 Å². The summed E-state index contributed by atoms with van der Waals surface area (Å²) in [5, 5.41) is 5.51. The van der Waals surface area contributed by atoms with Crippen LogP contribution in [0.2, 0.25) is 0 Å². The van der Waals surface area contributed by atoms with E-state index in [0.717, 1.165) is 6.42 Å². The van der Waals surface area contributed by atoms with E-state index in [4.69, 9.17) is 4.74 Å². The number of amides is 2. The summed E-state index contributed by atoms with van der Waals surface area (Å²) < 4.78 is 5.74. The van der Waals surface area contributed by atoms with Crippen LogP contribution in [0.5, 0.6) is 5.75 Å². The van der Waals surface area contributed by atoms with Crippen molar-refractivity contribution < 1.29 is 14.3 Å². The van der Waals surface area contributed by atoms with Crippen molar-refractivity contribution in [3.8, 4) is 5.75 Å². The van der Waals surface area contributed by atoms with Crippen molar-refractivity contribution in [3.05, 3.63) is 54.1 Å². The summed E-state index contributed by atoms with van der Waals surface area (Å²) in [6, 6.07) is 14.1. The van der Waals surface area contributed by atoms with Crippen LogP contribution in [0, 0.1) is 0 Å². The third-order valence-electron chi connectivity index (χ3n) is 3.45. The van der Waals surface area contributed by atoms with E-state index in [1.807, 2.05) is 19.9 Å². The van der Waals surface area contributed by atoms with Crippen molar-refractivity contribution in [2.75, 3.05) is 10.6 Å². The molecule has 5 nitrogen and oxygen atoms in total. The second kappa shape index (κ2) is 8.15. The van der Waals surface area contributed by atoms with E-state index in [9.17, 15) is 9.59 Å². The molecule has 2 N–H and O–H groups in total. The van der Waals surface area contributed by atoms with E-state index < -0.39 is 0 Å². The molecule has 2 aromatic carbocycles. The molecule has 0 radical (unpaired) electrons. The van der Waals surface area contributed by atoms with E-state index in [1.165, 1.54) is 6.92 Å². The molecule has 0 spiro atoms. The highest BCUT2D eigenvalue weighted by atomic mass is 16.5. The normalized spacial score (nSPS) is 11.5. The van der Waals surface area contributed by atoms with Crippen LogP contribution < -0.4 is 15.4 Å². The van der Waals surface area contributed by atoms with E-state index in [1.54, 1.807) is 42.5 Å². The lowest BCUT2D eigenvalue weighted by Gasteiger charge is -2.13. The fourth-order valence-corrected chi connectivity index (χ4v) is 2.11. The zero-order valence-electron chi connectivity index (χ0n) is 14.1. The Hall–Kier alpha value is -2.82. The number of hydrogen-bond acceptors (Lipinski definition) is 3. The van der Waals surface area contributed by atoms with E-state index in [2.05, 4.69) is 10.6 Å². The molecule has 0 aliphatic rings. The lowest BCUT2D eigenvalue weighted by Crippen LogP contribution is -2.14. The van der Waals surface area contributed by atoms with Gasteiger partial charge in [0.15, 0.2) is 0 Å². The van der Waals surface area contributed by atoms with Gasteiger partial charge in [0.2, 0.25) is 5.91 Å². The third-order valence-corrected chi connectivity index (χ3v) is 3.45. The summed E-state index contributed by atoms with van der Waals surface area (Å²) in [5.41, 5.74) is 1.76. The highest BCUT2D eigenvalue weighted by molar-refractivity contribution is 6.04. The van der Waals surface area contributed by atoms with Crippen LogP contribution in [0.4, 0.5) is 11.4 Å². The molecule has 0 saturated heterocycles. The molecule has 5 heteroatoms. The number of carbonyl (C=O) groups is 2. The van der Waals surface area contributed by atoms with Crippen LogP contribution in [-0.4, -0.2) is 17.9 Å². The van der Waals surface area contributed by atoms with Gasteiger partial charge in [0.1, 0.15) is 5.75 Å². The van der Waals surface area contributed by atoms with Gasteiger partial charge in [0.05, 0.1) is 6.10 Å². The van der Waals surface area contributed by atoms with E-state index in [-0.39, 0.29) is 17.9 Å². The quantitative estimate of drug-likeness (QED) is 0.840. The molecule has 2 aromatic rings. The fourth-order valence-electron chi connectivity index (χ4n) is 2.11. The molecular formula is C19H22N2O3. The predicted octanol–water partition coefficient (Wildman–Crippen LogP) is 4.07. The molecule has 0 fully saturated rings. The number of nitrogens with one attached hydrogen (secondary N) is 2. The van der Waals surface area contributed by atoms with Gasteiger partial charge in [-0.3, -0.25) is 9.59 Å². The molecule has 2 amide bonds. The number of carbonyl (C=O) groups excluding carboxylic acids is 2. The molecule has 0 bridgehead atoms. The molecule has 0 aliphatic heterocycles. The summed E-state index contributed by atoms with van der Waals surface area (Å²) in [6.07, 6.45) is 0.990. The van der Waals surface area contributed by atoms with Gasteiger partial charge in [-0.2, -0.15) is 0 Å². The maximum Gasteiger partial charge on any atom is 0.255 e. The molecule has 0 aromatic heterocycles. The topological polar surface area (TPSA) is 67.4 Å².